The van der Waals surface area contributed by atoms with E-state index in [1.54, 1.807) is 17.9 Å². The first-order valence-electron chi connectivity index (χ1n) is 5.93. The van der Waals surface area contributed by atoms with Gasteiger partial charge in [0.05, 0.1) is 23.9 Å². The summed E-state index contributed by atoms with van der Waals surface area (Å²) in [5, 5.41) is 16.2. The van der Waals surface area contributed by atoms with Gasteiger partial charge in [0.15, 0.2) is 0 Å². The molecule has 0 aromatic carbocycles. The van der Waals surface area contributed by atoms with E-state index < -0.39 is 0 Å². The molecule has 0 aliphatic rings. The van der Waals surface area contributed by atoms with E-state index in [1.165, 1.54) is 0 Å². The minimum atomic E-state index is -0.215. The molecule has 0 saturated carbocycles. The first-order valence-corrected chi connectivity index (χ1v) is 5.93. The van der Waals surface area contributed by atoms with E-state index in [9.17, 15) is 9.90 Å². The Morgan fingerprint density at radius 3 is 2.71 bits per heavy atom. The van der Waals surface area contributed by atoms with Crippen LogP contribution in [0.3, 0.4) is 0 Å². The van der Waals surface area contributed by atoms with E-state index in [1.807, 2.05) is 20.8 Å². The molecule has 1 heterocycles. The number of aliphatic hydroxyl groups excluding tert-OH is 1. The fourth-order valence-corrected chi connectivity index (χ4v) is 1.65. The summed E-state index contributed by atoms with van der Waals surface area (Å²) in [5.74, 6) is 0.0356. The second kappa shape index (κ2) is 5.82. The molecule has 0 saturated heterocycles. The standard InChI is InChI=1S/C12H21N3O2/c1-5-10-9(6-15(4)14-10)12(17)13-11(7-16)8(2)3/h6,8,11,16H,5,7H2,1-4H3,(H,13,17). The van der Waals surface area contributed by atoms with Crippen molar-refractivity contribution in [1.82, 2.24) is 15.1 Å². The highest BCUT2D eigenvalue weighted by atomic mass is 16.3. The number of nitrogens with one attached hydrogen (secondary N) is 1. The first kappa shape index (κ1) is 13.7. The Hall–Kier alpha value is -1.36. The monoisotopic (exact) mass is 239 g/mol. The number of nitrogens with zero attached hydrogens (tertiary/aromatic N) is 2. The van der Waals surface area contributed by atoms with Crippen LogP contribution in [-0.2, 0) is 13.5 Å². The number of carbonyl (C=O) groups excluding carboxylic acids is 1. The zero-order valence-electron chi connectivity index (χ0n) is 10.9. The number of hydrogen-bond acceptors (Lipinski definition) is 3. The van der Waals surface area contributed by atoms with Gasteiger partial charge < -0.3 is 10.4 Å². The minimum Gasteiger partial charge on any atom is -0.394 e. The van der Waals surface area contributed by atoms with E-state index in [0.29, 0.717) is 5.56 Å². The van der Waals surface area contributed by atoms with Crippen LogP contribution in [0.2, 0.25) is 0 Å². The van der Waals surface area contributed by atoms with Crippen LogP contribution in [0.15, 0.2) is 6.20 Å². The van der Waals surface area contributed by atoms with Crippen LogP contribution in [-0.4, -0.2) is 33.4 Å². The Morgan fingerprint density at radius 1 is 1.59 bits per heavy atom. The Morgan fingerprint density at radius 2 is 2.24 bits per heavy atom. The maximum Gasteiger partial charge on any atom is 0.255 e. The molecule has 1 rings (SSSR count). The van der Waals surface area contributed by atoms with Crippen molar-refractivity contribution in [3.63, 3.8) is 0 Å². The largest absolute Gasteiger partial charge is 0.394 e. The van der Waals surface area contributed by atoms with Gasteiger partial charge in [-0.15, -0.1) is 0 Å². The molecule has 2 N–H and O–H groups in total. The van der Waals surface area contributed by atoms with Crippen molar-refractivity contribution in [1.29, 1.82) is 0 Å². The predicted octanol–water partition coefficient (Wildman–Crippen LogP) is 0.729. The summed E-state index contributed by atoms with van der Waals surface area (Å²) in [6.07, 6.45) is 2.43. The molecule has 0 bridgehead atoms. The number of hydrogen-bond donors (Lipinski definition) is 2. The molecule has 0 aliphatic carbocycles. The highest BCUT2D eigenvalue weighted by molar-refractivity contribution is 5.95. The summed E-state index contributed by atoms with van der Waals surface area (Å²) in [7, 11) is 1.79. The van der Waals surface area contributed by atoms with Gasteiger partial charge in [-0.1, -0.05) is 20.8 Å². The Labute approximate surface area is 102 Å². The minimum absolute atomic E-state index is 0.0505. The normalized spacial score (nSPS) is 12.8. The molecule has 5 heteroatoms. The summed E-state index contributed by atoms with van der Waals surface area (Å²) in [6.45, 7) is 5.84. The van der Waals surface area contributed by atoms with Crippen molar-refractivity contribution in [2.45, 2.75) is 33.2 Å². The van der Waals surface area contributed by atoms with Gasteiger partial charge in [-0.25, -0.2) is 0 Å². The molecule has 0 spiro atoms. The molecule has 1 aromatic heterocycles. The fraction of sp³-hybridized carbons (Fsp3) is 0.667. The first-order chi connectivity index (χ1) is 7.99. The van der Waals surface area contributed by atoms with Crippen molar-refractivity contribution >= 4 is 5.91 Å². The maximum absolute atomic E-state index is 12.0. The number of aromatic nitrogens is 2. The van der Waals surface area contributed by atoms with Crippen LogP contribution >= 0.6 is 0 Å². The van der Waals surface area contributed by atoms with Crippen LogP contribution < -0.4 is 5.32 Å². The third-order valence-electron chi connectivity index (χ3n) is 2.80. The van der Waals surface area contributed by atoms with Crippen LogP contribution in [0.5, 0.6) is 0 Å². The van der Waals surface area contributed by atoms with Crippen molar-refractivity contribution in [3.05, 3.63) is 17.5 Å². The smallest absolute Gasteiger partial charge is 0.255 e. The van der Waals surface area contributed by atoms with Crippen LogP contribution in [0.25, 0.3) is 0 Å². The lowest BCUT2D eigenvalue weighted by atomic mass is 10.0. The van der Waals surface area contributed by atoms with Crippen molar-refractivity contribution in [3.8, 4) is 0 Å². The van der Waals surface area contributed by atoms with Gasteiger partial charge in [0, 0.05) is 13.2 Å². The number of aryl methyl sites for hydroxylation is 2. The molecule has 17 heavy (non-hydrogen) atoms. The second-order valence-electron chi connectivity index (χ2n) is 4.52. The second-order valence-corrected chi connectivity index (χ2v) is 4.52. The quantitative estimate of drug-likeness (QED) is 0.796. The lowest BCUT2D eigenvalue weighted by Gasteiger charge is -2.19. The topological polar surface area (TPSA) is 67.2 Å². The number of rotatable bonds is 5. The van der Waals surface area contributed by atoms with E-state index in [-0.39, 0.29) is 24.5 Å². The maximum atomic E-state index is 12.0. The zero-order chi connectivity index (χ0) is 13.0. The van der Waals surface area contributed by atoms with Gasteiger partial charge >= 0.3 is 0 Å². The van der Waals surface area contributed by atoms with Crippen LogP contribution in [0.4, 0.5) is 0 Å². The molecule has 5 nitrogen and oxygen atoms in total. The van der Waals surface area contributed by atoms with E-state index in [2.05, 4.69) is 10.4 Å². The van der Waals surface area contributed by atoms with Crippen molar-refractivity contribution in [2.75, 3.05) is 6.61 Å². The highest BCUT2D eigenvalue weighted by Gasteiger charge is 2.19. The lowest BCUT2D eigenvalue weighted by molar-refractivity contribution is 0.0896. The van der Waals surface area contributed by atoms with Gasteiger partial charge in [0.2, 0.25) is 0 Å². The molecule has 1 atom stereocenters. The molecular formula is C12H21N3O2. The summed E-state index contributed by atoms with van der Waals surface area (Å²) < 4.78 is 1.64. The summed E-state index contributed by atoms with van der Waals surface area (Å²) >= 11 is 0. The summed E-state index contributed by atoms with van der Waals surface area (Å²) in [6, 6.07) is -0.215. The van der Waals surface area contributed by atoms with Gasteiger partial charge in [0.25, 0.3) is 5.91 Å². The molecule has 1 aromatic rings. The van der Waals surface area contributed by atoms with E-state index in [4.69, 9.17) is 0 Å². The zero-order valence-corrected chi connectivity index (χ0v) is 10.9. The highest BCUT2D eigenvalue weighted by Crippen LogP contribution is 2.09. The van der Waals surface area contributed by atoms with Gasteiger partial charge in [-0.2, -0.15) is 5.10 Å². The molecule has 0 fully saturated rings. The molecular weight excluding hydrogens is 218 g/mol. The fourth-order valence-electron chi connectivity index (χ4n) is 1.65. The van der Waals surface area contributed by atoms with Crippen molar-refractivity contribution in [2.24, 2.45) is 13.0 Å². The predicted molar refractivity (Wildman–Crippen MR) is 65.8 cm³/mol. The summed E-state index contributed by atoms with van der Waals surface area (Å²) in [5.41, 5.74) is 1.37. The number of amides is 1. The van der Waals surface area contributed by atoms with Gasteiger partial charge in [-0.05, 0) is 12.3 Å². The molecule has 1 amide bonds. The lowest BCUT2D eigenvalue weighted by Crippen LogP contribution is -2.41. The molecule has 0 aliphatic heterocycles. The van der Waals surface area contributed by atoms with Crippen LogP contribution in [0.1, 0.15) is 36.8 Å². The molecule has 0 radical (unpaired) electrons. The summed E-state index contributed by atoms with van der Waals surface area (Å²) in [4.78, 5) is 12.0. The van der Waals surface area contributed by atoms with Gasteiger partial charge in [-0.3, -0.25) is 9.48 Å². The average molecular weight is 239 g/mol. The van der Waals surface area contributed by atoms with Gasteiger partial charge in [0.1, 0.15) is 0 Å². The van der Waals surface area contributed by atoms with E-state index >= 15 is 0 Å². The third-order valence-corrected chi connectivity index (χ3v) is 2.80. The number of aliphatic hydroxyl groups is 1. The third kappa shape index (κ3) is 3.30. The van der Waals surface area contributed by atoms with Crippen LogP contribution in [0, 0.1) is 5.92 Å². The Balaban J connectivity index is 2.81. The SMILES string of the molecule is CCc1nn(C)cc1C(=O)NC(CO)C(C)C. The average Bonchev–Trinajstić information content (AvgIpc) is 2.66. The molecule has 96 valence electrons. The number of carbonyl (C=O) groups is 1. The Kier molecular flexibility index (Phi) is 4.69. The Bertz CT molecular complexity index is 385. The van der Waals surface area contributed by atoms with Crippen molar-refractivity contribution < 1.29 is 9.90 Å². The molecule has 1 unspecified atom stereocenters. The van der Waals surface area contributed by atoms with E-state index in [0.717, 1.165) is 12.1 Å².